The van der Waals surface area contributed by atoms with E-state index in [-0.39, 0.29) is 18.1 Å². The summed E-state index contributed by atoms with van der Waals surface area (Å²) >= 11 is 0. The standard InChI is InChI=1S/C17H26N2O2/c1-3-10-18-13(2)14-7-6-8-15(12-14)21-16-9-4-5-11-19-17(16)20/h6-8,12-13,16,18H,3-5,9-11H2,1-2H3,(H,19,20). The van der Waals surface area contributed by atoms with Crippen LogP contribution in [0.15, 0.2) is 24.3 Å². The number of rotatable bonds is 6. The molecule has 4 heteroatoms. The van der Waals surface area contributed by atoms with Crippen molar-refractivity contribution in [2.45, 2.75) is 51.7 Å². The van der Waals surface area contributed by atoms with E-state index in [1.165, 1.54) is 5.56 Å². The molecule has 1 saturated heterocycles. The van der Waals surface area contributed by atoms with Crippen molar-refractivity contribution in [3.8, 4) is 5.75 Å². The Morgan fingerprint density at radius 3 is 3.10 bits per heavy atom. The molecule has 0 bridgehead atoms. The number of carbonyl (C=O) groups is 1. The first-order valence-electron chi connectivity index (χ1n) is 7.98. The highest BCUT2D eigenvalue weighted by molar-refractivity contribution is 5.81. The Kier molecular flexibility index (Phi) is 6.05. The third-order valence-corrected chi connectivity index (χ3v) is 3.82. The van der Waals surface area contributed by atoms with Gasteiger partial charge in [0.1, 0.15) is 5.75 Å². The number of carbonyl (C=O) groups excluding carboxylic acids is 1. The van der Waals surface area contributed by atoms with Gasteiger partial charge in [-0.25, -0.2) is 0 Å². The Balaban J connectivity index is 2.01. The number of ether oxygens (including phenoxy) is 1. The van der Waals surface area contributed by atoms with Crippen LogP contribution in [0.5, 0.6) is 5.75 Å². The smallest absolute Gasteiger partial charge is 0.261 e. The maximum atomic E-state index is 11.9. The molecule has 0 radical (unpaired) electrons. The summed E-state index contributed by atoms with van der Waals surface area (Å²) < 4.78 is 5.90. The number of nitrogens with one attached hydrogen (secondary N) is 2. The normalized spacial score (nSPS) is 20.5. The first-order valence-corrected chi connectivity index (χ1v) is 7.98. The SMILES string of the molecule is CCCNC(C)c1cccc(OC2CCCCNC2=O)c1. The lowest BCUT2D eigenvalue weighted by Crippen LogP contribution is -2.36. The first kappa shape index (κ1) is 15.8. The van der Waals surface area contributed by atoms with Crippen molar-refractivity contribution in [1.29, 1.82) is 0 Å². The lowest BCUT2D eigenvalue weighted by Gasteiger charge is -2.18. The van der Waals surface area contributed by atoms with Crippen molar-refractivity contribution in [2.75, 3.05) is 13.1 Å². The highest BCUT2D eigenvalue weighted by atomic mass is 16.5. The minimum absolute atomic E-state index is 0.00931. The summed E-state index contributed by atoms with van der Waals surface area (Å²) in [5, 5.41) is 6.37. The van der Waals surface area contributed by atoms with Gasteiger partial charge < -0.3 is 15.4 Å². The fraction of sp³-hybridized carbons (Fsp3) is 0.588. The second kappa shape index (κ2) is 8.03. The van der Waals surface area contributed by atoms with E-state index >= 15 is 0 Å². The minimum Gasteiger partial charge on any atom is -0.481 e. The number of hydrogen-bond donors (Lipinski definition) is 2. The van der Waals surface area contributed by atoms with Crippen LogP contribution in [0.3, 0.4) is 0 Å². The quantitative estimate of drug-likeness (QED) is 0.847. The molecule has 1 aromatic rings. The van der Waals surface area contributed by atoms with E-state index < -0.39 is 0 Å². The molecule has 0 spiro atoms. The third kappa shape index (κ3) is 4.74. The van der Waals surface area contributed by atoms with Crippen LogP contribution in [-0.2, 0) is 4.79 Å². The Hall–Kier alpha value is -1.55. The summed E-state index contributed by atoms with van der Waals surface area (Å²) in [6.45, 7) is 6.06. The van der Waals surface area contributed by atoms with Crippen molar-refractivity contribution in [3.63, 3.8) is 0 Å². The van der Waals surface area contributed by atoms with E-state index in [9.17, 15) is 4.79 Å². The predicted molar refractivity (Wildman–Crippen MR) is 84.4 cm³/mol. The molecule has 2 atom stereocenters. The van der Waals surface area contributed by atoms with Gasteiger partial charge in [-0.2, -0.15) is 0 Å². The average Bonchev–Trinajstić information content (AvgIpc) is 2.70. The zero-order valence-corrected chi connectivity index (χ0v) is 13.0. The molecular formula is C17H26N2O2. The van der Waals surface area contributed by atoms with Crippen LogP contribution in [-0.4, -0.2) is 25.1 Å². The Labute approximate surface area is 127 Å². The van der Waals surface area contributed by atoms with E-state index in [0.717, 1.165) is 44.5 Å². The van der Waals surface area contributed by atoms with Gasteiger partial charge in [-0.1, -0.05) is 19.1 Å². The van der Waals surface area contributed by atoms with Crippen molar-refractivity contribution in [3.05, 3.63) is 29.8 Å². The van der Waals surface area contributed by atoms with Crippen LogP contribution in [0.25, 0.3) is 0 Å². The van der Waals surface area contributed by atoms with Crippen molar-refractivity contribution >= 4 is 5.91 Å². The van der Waals surface area contributed by atoms with Crippen LogP contribution >= 0.6 is 0 Å². The van der Waals surface area contributed by atoms with Crippen molar-refractivity contribution < 1.29 is 9.53 Å². The second-order valence-corrected chi connectivity index (χ2v) is 5.64. The monoisotopic (exact) mass is 290 g/mol. The maximum absolute atomic E-state index is 11.9. The molecule has 2 rings (SSSR count). The molecule has 21 heavy (non-hydrogen) atoms. The fourth-order valence-corrected chi connectivity index (χ4v) is 2.52. The van der Waals surface area contributed by atoms with Crippen LogP contribution in [0.1, 0.15) is 51.1 Å². The van der Waals surface area contributed by atoms with Crippen LogP contribution < -0.4 is 15.4 Å². The number of benzene rings is 1. The molecule has 0 saturated carbocycles. The molecule has 4 nitrogen and oxygen atoms in total. The van der Waals surface area contributed by atoms with Gasteiger partial charge in [-0.05, 0) is 56.8 Å². The van der Waals surface area contributed by atoms with E-state index in [1.807, 2.05) is 18.2 Å². The molecule has 2 unspecified atom stereocenters. The van der Waals surface area contributed by atoms with Gasteiger partial charge in [0.2, 0.25) is 0 Å². The second-order valence-electron chi connectivity index (χ2n) is 5.64. The summed E-state index contributed by atoms with van der Waals surface area (Å²) in [6.07, 6.45) is 3.60. The summed E-state index contributed by atoms with van der Waals surface area (Å²) in [5.41, 5.74) is 1.19. The predicted octanol–water partition coefficient (Wildman–Crippen LogP) is 2.79. The lowest BCUT2D eigenvalue weighted by atomic mass is 10.1. The molecule has 1 aliphatic rings. The van der Waals surface area contributed by atoms with E-state index in [1.54, 1.807) is 0 Å². The molecular weight excluding hydrogens is 264 g/mol. The number of amides is 1. The van der Waals surface area contributed by atoms with E-state index in [4.69, 9.17) is 4.74 Å². The molecule has 116 valence electrons. The first-order chi connectivity index (χ1) is 10.2. The fourth-order valence-electron chi connectivity index (χ4n) is 2.52. The van der Waals surface area contributed by atoms with E-state index in [2.05, 4.69) is 30.5 Å². The van der Waals surface area contributed by atoms with Gasteiger partial charge >= 0.3 is 0 Å². The number of hydrogen-bond acceptors (Lipinski definition) is 3. The van der Waals surface area contributed by atoms with Crippen molar-refractivity contribution in [2.24, 2.45) is 0 Å². The van der Waals surface area contributed by atoms with Gasteiger partial charge in [0.05, 0.1) is 0 Å². The van der Waals surface area contributed by atoms with Gasteiger partial charge in [-0.3, -0.25) is 4.79 Å². The third-order valence-electron chi connectivity index (χ3n) is 3.82. The zero-order valence-electron chi connectivity index (χ0n) is 13.0. The minimum atomic E-state index is -0.360. The summed E-state index contributed by atoms with van der Waals surface area (Å²) in [4.78, 5) is 11.9. The summed E-state index contributed by atoms with van der Waals surface area (Å²) in [7, 11) is 0. The van der Waals surface area contributed by atoms with Gasteiger partial charge in [-0.15, -0.1) is 0 Å². The molecule has 1 amide bonds. The Morgan fingerprint density at radius 2 is 2.29 bits per heavy atom. The molecule has 0 aliphatic carbocycles. The molecule has 1 aromatic carbocycles. The Bertz CT molecular complexity index is 462. The topological polar surface area (TPSA) is 50.4 Å². The lowest BCUT2D eigenvalue weighted by molar-refractivity contribution is -0.127. The highest BCUT2D eigenvalue weighted by Crippen LogP contribution is 2.21. The van der Waals surface area contributed by atoms with Gasteiger partial charge in [0.25, 0.3) is 5.91 Å². The van der Waals surface area contributed by atoms with Crippen molar-refractivity contribution in [1.82, 2.24) is 10.6 Å². The van der Waals surface area contributed by atoms with E-state index in [0.29, 0.717) is 0 Å². The van der Waals surface area contributed by atoms with Crippen LogP contribution in [0.4, 0.5) is 0 Å². The Morgan fingerprint density at radius 1 is 1.43 bits per heavy atom. The molecule has 2 N–H and O–H groups in total. The van der Waals surface area contributed by atoms with Gasteiger partial charge in [0, 0.05) is 12.6 Å². The van der Waals surface area contributed by atoms with Crippen LogP contribution in [0.2, 0.25) is 0 Å². The maximum Gasteiger partial charge on any atom is 0.261 e. The molecule has 0 aromatic heterocycles. The summed E-state index contributed by atoms with van der Waals surface area (Å²) in [6, 6.07) is 8.33. The summed E-state index contributed by atoms with van der Waals surface area (Å²) in [5.74, 6) is 0.787. The van der Waals surface area contributed by atoms with Gasteiger partial charge in [0.15, 0.2) is 6.10 Å². The van der Waals surface area contributed by atoms with Crippen LogP contribution in [0, 0.1) is 0 Å². The largest absolute Gasteiger partial charge is 0.481 e. The molecule has 1 fully saturated rings. The molecule has 1 heterocycles. The molecule has 1 aliphatic heterocycles. The zero-order chi connectivity index (χ0) is 15.1. The highest BCUT2D eigenvalue weighted by Gasteiger charge is 2.22. The average molecular weight is 290 g/mol.